The molecule has 0 radical (unpaired) electrons. The number of halogens is 1. The van der Waals surface area contributed by atoms with E-state index in [-0.39, 0.29) is 0 Å². The molecule has 0 fully saturated rings. The number of aromatic amines is 1. The highest BCUT2D eigenvalue weighted by atomic mass is 35.5. The zero-order valence-corrected chi connectivity index (χ0v) is 14.0. The molecular weight excluding hydrogens is 342 g/mol. The summed E-state index contributed by atoms with van der Waals surface area (Å²) in [7, 11) is 0. The number of nitrogens with zero attached hydrogens (tertiary/aromatic N) is 3. The third-order valence-corrected chi connectivity index (χ3v) is 4.15. The van der Waals surface area contributed by atoms with Crippen LogP contribution in [-0.2, 0) is 0 Å². The lowest BCUT2D eigenvalue weighted by Crippen LogP contribution is -2.02. The molecule has 0 amide bonds. The van der Waals surface area contributed by atoms with Crippen LogP contribution in [0.2, 0.25) is 5.02 Å². The van der Waals surface area contributed by atoms with Crippen molar-refractivity contribution in [3.63, 3.8) is 0 Å². The van der Waals surface area contributed by atoms with Crippen molar-refractivity contribution in [3.8, 4) is 22.5 Å². The molecule has 118 valence electrons. The Balaban J connectivity index is 2.09. The number of H-pyrrole nitrogens is 1. The van der Waals surface area contributed by atoms with Crippen LogP contribution in [-0.4, -0.2) is 19.6 Å². The van der Waals surface area contributed by atoms with Gasteiger partial charge in [-0.25, -0.2) is 14.5 Å². The van der Waals surface area contributed by atoms with Crippen LogP contribution in [0.4, 0.5) is 5.95 Å². The number of benzene rings is 2. The van der Waals surface area contributed by atoms with Crippen LogP contribution in [0.3, 0.4) is 0 Å². The molecule has 0 saturated heterocycles. The first kappa shape index (κ1) is 14.9. The van der Waals surface area contributed by atoms with Crippen molar-refractivity contribution < 1.29 is 0 Å². The number of rotatable bonds is 2. The minimum Gasteiger partial charge on any atom is -0.368 e. The second-order valence-electron chi connectivity index (χ2n) is 5.25. The van der Waals surface area contributed by atoms with Crippen LogP contribution in [0, 0.1) is 4.77 Å². The topological polar surface area (TPSA) is 72.0 Å². The second kappa shape index (κ2) is 5.74. The smallest absolute Gasteiger partial charge is 0.220 e. The molecule has 5 nitrogen and oxygen atoms in total. The van der Waals surface area contributed by atoms with Gasteiger partial charge in [0.1, 0.15) is 16.9 Å². The van der Waals surface area contributed by atoms with E-state index >= 15 is 0 Å². The molecule has 0 aliphatic carbocycles. The summed E-state index contributed by atoms with van der Waals surface area (Å²) >= 11 is 11.2. The van der Waals surface area contributed by atoms with Gasteiger partial charge in [-0.1, -0.05) is 54.1 Å². The summed E-state index contributed by atoms with van der Waals surface area (Å²) in [5, 5.41) is 3.64. The molecule has 2 heterocycles. The number of imidazole rings is 1. The Morgan fingerprint density at radius 1 is 0.917 bits per heavy atom. The molecule has 4 rings (SSSR count). The van der Waals surface area contributed by atoms with E-state index in [4.69, 9.17) is 29.6 Å². The standard InChI is InChI=1S/C17H12ClN5S/c18-12-8-6-11(7-9-12)14-15-13(10-4-2-1-3-5-10)20-16(19)23(15)22-17(24)21-14/h1-9H,(H2,19,20)(H,22,24). The van der Waals surface area contributed by atoms with Crippen LogP contribution in [0.15, 0.2) is 54.6 Å². The van der Waals surface area contributed by atoms with Crippen molar-refractivity contribution in [3.05, 3.63) is 64.4 Å². The Bertz CT molecular complexity index is 1080. The average molecular weight is 354 g/mol. The first-order chi connectivity index (χ1) is 11.6. The fraction of sp³-hybridized carbons (Fsp3) is 0. The number of hydrogen-bond donors (Lipinski definition) is 2. The zero-order valence-electron chi connectivity index (χ0n) is 12.4. The first-order valence-electron chi connectivity index (χ1n) is 7.23. The molecule has 0 bridgehead atoms. The third-order valence-electron chi connectivity index (χ3n) is 3.71. The third kappa shape index (κ3) is 2.46. The molecule has 0 unspecified atom stereocenters. The van der Waals surface area contributed by atoms with Crippen LogP contribution in [0.25, 0.3) is 28.0 Å². The summed E-state index contributed by atoms with van der Waals surface area (Å²) in [6.45, 7) is 0. The van der Waals surface area contributed by atoms with Gasteiger partial charge in [0.2, 0.25) is 10.7 Å². The Labute approximate surface area is 147 Å². The van der Waals surface area contributed by atoms with Gasteiger partial charge in [-0.05, 0) is 24.4 Å². The van der Waals surface area contributed by atoms with Gasteiger partial charge in [-0.15, -0.1) is 0 Å². The van der Waals surface area contributed by atoms with Crippen molar-refractivity contribution in [1.29, 1.82) is 0 Å². The van der Waals surface area contributed by atoms with Gasteiger partial charge in [0.15, 0.2) is 0 Å². The molecule has 0 atom stereocenters. The highest BCUT2D eigenvalue weighted by Gasteiger charge is 2.17. The van der Waals surface area contributed by atoms with Gasteiger partial charge in [-0.2, -0.15) is 0 Å². The van der Waals surface area contributed by atoms with E-state index in [0.29, 0.717) is 21.4 Å². The minimum absolute atomic E-state index is 0.326. The second-order valence-corrected chi connectivity index (χ2v) is 6.08. The number of nitrogens with one attached hydrogen (secondary N) is 1. The Morgan fingerprint density at radius 2 is 1.54 bits per heavy atom. The number of aromatic nitrogens is 4. The lowest BCUT2D eigenvalue weighted by molar-refractivity contribution is 0.892. The molecule has 3 N–H and O–H groups in total. The van der Waals surface area contributed by atoms with Crippen molar-refractivity contribution in [2.24, 2.45) is 0 Å². The van der Waals surface area contributed by atoms with Gasteiger partial charge in [0.25, 0.3) is 0 Å². The fourth-order valence-corrected chi connectivity index (χ4v) is 2.96. The van der Waals surface area contributed by atoms with E-state index in [0.717, 1.165) is 22.3 Å². The predicted molar refractivity (Wildman–Crippen MR) is 98.5 cm³/mol. The monoisotopic (exact) mass is 353 g/mol. The summed E-state index contributed by atoms with van der Waals surface area (Å²) in [4.78, 5) is 9.00. The van der Waals surface area contributed by atoms with Gasteiger partial charge in [-0.3, -0.25) is 5.10 Å². The Morgan fingerprint density at radius 3 is 2.25 bits per heavy atom. The van der Waals surface area contributed by atoms with Crippen molar-refractivity contribution in [2.45, 2.75) is 0 Å². The largest absolute Gasteiger partial charge is 0.368 e. The Hall–Kier alpha value is -2.70. The molecule has 2 aromatic carbocycles. The number of nitrogens with two attached hydrogens (primary N) is 1. The van der Waals surface area contributed by atoms with E-state index in [1.807, 2.05) is 54.6 Å². The predicted octanol–water partition coefficient (Wildman–Crippen LogP) is 4.36. The van der Waals surface area contributed by atoms with Gasteiger partial charge in [0.05, 0.1) is 0 Å². The highest BCUT2D eigenvalue weighted by molar-refractivity contribution is 7.71. The maximum Gasteiger partial charge on any atom is 0.220 e. The van der Waals surface area contributed by atoms with E-state index < -0.39 is 0 Å². The van der Waals surface area contributed by atoms with E-state index in [1.165, 1.54) is 0 Å². The molecule has 4 aromatic rings. The maximum atomic E-state index is 6.08. The molecule has 0 spiro atoms. The van der Waals surface area contributed by atoms with E-state index in [9.17, 15) is 0 Å². The average Bonchev–Trinajstić information content (AvgIpc) is 2.93. The fourth-order valence-electron chi connectivity index (χ4n) is 2.65. The first-order valence-corrected chi connectivity index (χ1v) is 8.02. The lowest BCUT2D eigenvalue weighted by atomic mass is 10.1. The Kier molecular flexibility index (Phi) is 3.55. The van der Waals surface area contributed by atoms with Crippen molar-refractivity contribution in [1.82, 2.24) is 19.6 Å². The van der Waals surface area contributed by atoms with Gasteiger partial charge >= 0.3 is 0 Å². The highest BCUT2D eigenvalue weighted by Crippen LogP contribution is 2.32. The molecule has 0 aliphatic rings. The van der Waals surface area contributed by atoms with Gasteiger partial charge in [0, 0.05) is 16.1 Å². The molecule has 0 saturated carbocycles. The van der Waals surface area contributed by atoms with Gasteiger partial charge < -0.3 is 5.73 Å². The summed E-state index contributed by atoms with van der Waals surface area (Å²) in [5.41, 5.74) is 10.1. The van der Waals surface area contributed by atoms with Crippen molar-refractivity contribution in [2.75, 3.05) is 5.73 Å². The summed E-state index contributed by atoms with van der Waals surface area (Å²) < 4.78 is 2.00. The molecule has 0 aliphatic heterocycles. The van der Waals surface area contributed by atoms with Crippen LogP contribution in [0.1, 0.15) is 0 Å². The van der Waals surface area contributed by atoms with E-state index in [2.05, 4.69) is 15.1 Å². The molecule has 24 heavy (non-hydrogen) atoms. The van der Waals surface area contributed by atoms with Crippen LogP contribution < -0.4 is 5.73 Å². The molecular formula is C17H12ClN5S. The lowest BCUT2D eigenvalue weighted by Gasteiger charge is -2.06. The summed E-state index contributed by atoms with van der Waals surface area (Å²) in [6.07, 6.45) is 0. The summed E-state index contributed by atoms with van der Waals surface area (Å²) in [6, 6.07) is 17.3. The number of fused-ring (bicyclic) bond motifs is 1. The number of hydrogen-bond acceptors (Lipinski definition) is 4. The van der Waals surface area contributed by atoms with Crippen molar-refractivity contribution >= 4 is 35.3 Å². The maximum absolute atomic E-state index is 6.08. The molecule has 7 heteroatoms. The summed E-state index contributed by atoms with van der Waals surface area (Å²) in [5.74, 6) is 0.326. The minimum atomic E-state index is 0.326. The van der Waals surface area contributed by atoms with Crippen LogP contribution >= 0.6 is 23.8 Å². The normalized spacial score (nSPS) is 11.0. The number of anilines is 1. The number of nitrogen functional groups attached to an aromatic ring is 1. The quantitative estimate of drug-likeness (QED) is 0.525. The van der Waals surface area contributed by atoms with Crippen LogP contribution in [0.5, 0.6) is 0 Å². The zero-order chi connectivity index (χ0) is 16.7. The van der Waals surface area contributed by atoms with E-state index in [1.54, 1.807) is 4.52 Å². The molecule has 2 aromatic heterocycles. The SMILES string of the molecule is Nc1nc(-c2ccccc2)c2c(-c3ccc(Cl)cc3)nc(=S)[nH]n12.